The first-order chi connectivity index (χ1) is 8.02. The van der Waals surface area contributed by atoms with Crippen LogP contribution in [0.15, 0.2) is 10.6 Å². The van der Waals surface area contributed by atoms with Gasteiger partial charge in [0, 0.05) is 12.1 Å². The number of rotatable bonds is 3. The molecule has 1 fully saturated rings. The molecule has 1 amide bonds. The van der Waals surface area contributed by atoms with Crippen LogP contribution in [-0.2, 0) is 11.3 Å². The molecule has 3 N–H and O–H groups in total. The Bertz CT molecular complexity index is 416. The summed E-state index contributed by atoms with van der Waals surface area (Å²) >= 11 is 0. The number of nitrogens with one attached hydrogen (secondary N) is 1. The Morgan fingerprint density at radius 2 is 2.53 bits per heavy atom. The molecule has 5 nitrogen and oxygen atoms in total. The molecule has 0 aromatic carbocycles. The zero-order valence-electron chi connectivity index (χ0n) is 10.3. The zero-order valence-corrected chi connectivity index (χ0v) is 10.3. The fourth-order valence-corrected chi connectivity index (χ4v) is 2.35. The van der Waals surface area contributed by atoms with Crippen LogP contribution in [0.2, 0.25) is 0 Å². The third kappa shape index (κ3) is 2.34. The Hall–Kier alpha value is -1.36. The van der Waals surface area contributed by atoms with Crippen LogP contribution in [0.4, 0.5) is 0 Å². The average molecular weight is 237 g/mol. The lowest BCUT2D eigenvalue weighted by atomic mass is 9.84. The van der Waals surface area contributed by atoms with Gasteiger partial charge in [-0.3, -0.25) is 4.79 Å². The third-order valence-electron chi connectivity index (χ3n) is 3.66. The molecule has 2 atom stereocenters. The van der Waals surface area contributed by atoms with E-state index in [1.807, 2.05) is 19.9 Å². The molecule has 1 saturated carbocycles. The summed E-state index contributed by atoms with van der Waals surface area (Å²) in [5, 5.41) is 6.72. The molecule has 0 saturated heterocycles. The number of carbonyl (C=O) groups is 1. The number of amides is 1. The molecule has 0 aliphatic heterocycles. The smallest absolute Gasteiger partial charge is 0.227 e. The van der Waals surface area contributed by atoms with E-state index in [0.717, 1.165) is 30.7 Å². The molecule has 1 aliphatic rings. The topological polar surface area (TPSA) is 81.2 Å². The van der Waals surface area contributed by atoms with Gasteiger partial charge in [-0.1, -0.05) is 11.6 Å². The second kappa shape index (κ2) is 4.49. The normalized spacial score (nSPS) is 28.3. The Morgan fingerprint density at radius 1 is 1.76 bits per heavy atom. The Balaban J connectivity index is 1.93. The maximum Gasteiger partial charge on any atom is 0.227 e. The van der Waals surface area contributed by atoms with E-state index in [9.17, 15) is 4.79 Å². The quantitative estimate of drug-likeness (QED) is 0.825. The number of aryl methyl sites for hydroxylation is 1. The second-order valence-corrected chi connectivity index (χ2v) is 5.03. The van der Waals surface area contributed by atoms with Crippen LogP contribution in [0.1, 0.15) is 37.6 Å². The van der Waals surface area contributed by atoms with E-state index in [-0.39, 0.29) is 11.9 Å². The number of nitrogens with zero attached hydrogens (tertiary/aromatic N) is 1. The van der Waals surface area contributed by atoms with Crippen molar-refractivity contribution in [3.8, 4) is 0 Å². The Labute approximate surface area is 101 Å². The van der Waals surface area contributed by atoms with Crippen LogP contribution in [0.5, 0.6) is 0 Å². The highest BCUT2D eigenvalue weighted by Gasteiger charge is 2.42. The molecule has 94 valence electrons. The van der Waals surface area contributed by atoms with Crippen LogP contribution >= 0.6 is 0 Å². The van der Waals surface area contributed by atoms with Crippen molar-refractivity contribution in [1.82, 2.24) is 10.5 Å². The summed E-state index contributed by atoms with van der Waals surface area (Å²) in [5.74, 6) is 0.765. The van der Waals surface area contributed by atoms with Gasteiger partial charge in [-0.15, -0.1) is 0 Å². The molecule has 17 heavy (non-hydrogen) atoms. The van der Waals surface area contributed by atoms with Gasteiger partial charge < -0.3 is 15.6 Å². The maximum atomic E-state index is 12.1. The molecule has 0 spiro atoms. The largest absolute Gasteiger partial charge is 0.361 e. The summed E-state index contributed by atoms with van der Waals surface area (Å²) in [4.78, 5) is 12.1. The van der Waals surface area contributed by atoms with E-state index >= 15 is 0 Å². The van der Waals surface area contributed by atoms with Gasteiger partial charge in [-0.25, -0.2) is 0 Å². The van der Waals surface area contributed by atoms with Crippen molar-refractivity contribution < 1.29 is 9.32 Å². The van der Waals surface area contributed by atoms with Crippen LogP contribution in [0, 0.1) is 12.3 Å². The lowest BCUT2D eigenvalue weighted by molar-refractivity contribution is -0.130. The second-order valence-electron chi connectivity index (χ2n) is 5.03. The fourth-order valence-electron chi connectivity index (χ4n) is 2.35. The standard InChI is InChI=1S/C12H19N3O2/c1-8-6-9(15-17-8)7-14-11(16)12(2)5-3-4-10(12)13/h6,10H,3-5,7,13H2,1-2H3,(H,14,16). The summed E-state index contributed by atoms with van der Waals surface area (Å²) in [6.45, 7) is 4.17. The highest BCUT2D eigenvalue weighted by atomic mass is 16.5. The molecular weight excluding hydrogens is 218 g/mol. The van der Waals surface area contributed by atoms with E-state index in [0.29, 0.717) is 6.54 Å². The number of carbonyl (C=O) groups excluding carboxylic acids is 1. The van der Waals surface area contributed by atoms with E-state index in [4.69, 9.17) is 10.3 Å². The zero-order chi connectivity index (χ0) is 12.5. The summed E-state index contributed by atoms with van der Waals surface area (Å²) in [6.07, 6.45) is 2.80. The van der Waals surface area contributed by atoms with Crippen LogP contribution in [-0.4, -0.2) is 17.1 Å². The third-order valence-corrected chi connectivity index (χ3v) is 3.66. The van der Waals surface area contributed by atoms with Gasteiger partial charge in [-0.2, -0.15) is 0 Å². The van der Waals surface area contributed by atoms with Gasteiger partial charge in [0.25, 0.3) is 0 Å². The summed E-state index contributed by atoms with van der Waals surface area (Å²) in [5.41, 5.74) is 6.30. The first-order valence-electron chi connectivity index (χ1n) is 5.98. The van der Waals surface area contributed by atoms with Gasteiger partial charge in [-0.05, 0) is 26.7 Å². The summed E-state index contributed by atoms with van der Waals surface area (Å²) < 4.78 is 4.94. The number of hydrogen-bond acceptors (Lipinski definition) is 4. The number of nitrogens with two attached hydrogens (primary N) is 1. The van der Waals surface area contributed by atoms with Crippen LogP contribution in [0.25, 0.3) is 0 Å². The lowest BCUT2D eigenvalue weighted by Crippen LogP contribution is -2.47. The van der Waals surface area contributed by atoms with E-state index in [1.54, 1.807) is 0 Å². The van der Waals surface area contributed by atoms with Gasteiger partial charge in [0.15, 0.2) is 0 Å². The van der Waals surface area contributed by atoms with Gasteiger partial charge in [0.05, 0.1) is 12.0 Å². The summed E-state index contributed by atoms with van der Waals surface area (Å²) in [6, 6.07) is 1.78. The van der Waals surface area contributed by atoms with Gasteiger partial charge >= 0.3 is 0 Å². The first-order valence-corrected chi connectivity index (χ1v) is 5.98. The highest BCUT2D eigenvalue weighted by Crippen LogP contribution is 2.36. The highest BCUT2D eigenvalue weighted by molar-refractivity contribution is 5.83. The molecule has 1 aromatic heterocycles. The molecule has 1 heterocycles. The minimum atomic E-state index is -0.432. The van der Waals surface area contributed by atoms with Crippen molar-refractivity contribution in [2.75, 3.05) is 0 Å². The van der Waals surface area contributed by atoms with Crippen molar-refractivity contribution in [3.05, 3.63) is 17.5 Å². The Morgan fingerprint density at radius 3 is 3.06 bits per heavy atom. The number of hydrogen-bond donors (Lipinski definition) is 2. The van der Waals surface area contributed by atoms with Crippen molar-refractivity contribution >= 4 is 5.91 Å². The van der Waals surface area contributed by atoms with Crippen molar-refractivity contribution in [3.63, 3.8) is 0 Å². The van der Waals surface area contributed by atoms with E-state index in [1.165, 1.54) is 0 Å². The Kier molecular flexibility index (Phi) is 3.19. The van der Waals surface area contributed by atoms with Crippen LogP contribution in [0.3, 0.4) is 0 Å². The molecule has 1 aromatic rings. The maximum absolute atomic E-state index is 12.1. The fraction of sp³-hybridized carbons (Fsp3) is 0.667. The van der Waals surface area contributed by atoms with Crippen LogP contribution < -0.4 is 11.1 Å². The molecule has 2 rings (SSSR count). The SMILES string of the molecule is Cc1cc(CNC(=O)C2(C)CCCC2N)no1. The first kappa shape index (κ1) is 12.1. The molecule has 0 radical (unpaired) electrons. The molecule has 1 aliphatic carbocycles. The van der Waals surface area contributed by atoms with E-state index in [2.05, 4.69) is 10.5 Å². The van der Waals surface area contributed by atoms with E-state index < -0.39 is 5.41 Å². The van der Waals surface area contributed by atoms with Gasteiger partial charge in [0.2, 0.25) is 5.91 Å². The van der Waals surface area contributed by atoms with Crippen molar-refractivity contribution in [2.24, 2.45) is 11.1 Å². The van der Waals surface area contributed by atoms with Crippen molar-refractivity contribution in [2.45, 2.75) is 45.7 Å². The molecule has 2 unspecified atom stereocenters. The minimum absolute atomic E-state index is 0.0168. The lowest BCUT2D eigenvalue weighted by Gasteiger charge is -2.27. The number of aromatic nitrogens is 1. The predicted molar refractivity (Wildman–Crippen MR) is 63.0 cm³/mol. The average Bonchev–Trinajstić information content (AvgIpc) is 2.84. The van der Waals surface area contributed by atoms with Crippen molar-refractivity contribution in [1.29, 1.82) is 0 Å². The minimum Gasteiger partial charge on any atom is -0.361 e. The van der Waals surface area contributed by atoms with Gasteiger partial charge in [0.1, 0.15) is 11.5 Å². The predicted octanol–water partition coefficient (Wildman–Crippen LogP) is 1.12. The summed E-state index contributed by atoms with van der Waals surface area (Å²) in [7, 11) is 0. The molecule has 0 bridgehead atoms. The monoisotopic (exact) mass is 237 g/mol. The molecule has 5 heteroatoms. The molecular formula is C12H19N3O2.